The summed E-state index contributed by atoms with van der Waals surface area (Å²) in [5, 5.41) is 38.4. The van der Waals surface area contributed by atoms with Crippen molar-refractivity contribution in [1.29, 1.82) is 0 Å². The zero-order valence-corrected chi connectivity index (χ0v) is 26.7. The van der Waals surface area contributed by atoms with E-state index in [0.717, 1.165) is 5.56 Å². The molecule has 2 aromatic heterocycles. The number of amides is 1. The molecule has 2 fully saturated rings. The van der Waals surface area contributed by atoms with Crippen LogP contribution in [-0.4, -0.2) is 102 Å². The van der Waals surface area contributed by atoms with Gasteiger partial charge in [0.15, 0.2) is 0 Å². The highest BCUT2D eigenvalue weighted by atomic mass is 79.9. The van der Waals surface area contributed by atoms with Crippen molar-refractivity contribution in [1.82, 2.24) is 34.9 Å². The quantitative estimate of drug-likeness (QED) is 0.266. The SMILES string of the molecule is CO[C@@H]1[C@@H](n2cc(-c3ccc(Br)c(F)c3)nn2)[C@@H](O)[C@@H](CO)O[C@@H]1Cc1cn(C2CCN(C(=O)OCc3ccccc3)CC2)nn1. The molecule has 0 bridgehead atoms. The maximum absolute atomic E-state index is 14.2. The van der Waals surface area contributed by atoms with Crippen LogP contribution in [0.5, 0.6) is 0 Å². The molecule has 5 atom stereocenters. The highest BCUT2D eigenvalue weighted by molar-refractivity contribution is 9.10. The third-order valence-electron chi connectivity index (χ3n) is 8.54. The van der Waals surface area contributed by atoms with Crippen molar-refractivity contribution >= 4 is 22.0 Å². The molecule has 15 heteroatoms. The molecule has 244 valence electrons. The van der Waals surface area contributed by atoms with Crippen molar-refractivity contribution in [2.24, 2.45) is 0 Å². The van der Waals surface area contributed by atoms with Crippen molar-refractivity contribution in [2.45, 2.75) is 62.4 Å². The molecule has 4 aromatic rings. The van der Waals surface area contributed by atoms with Crippen LogP contribution in [0.25, 0.3) is 11.3 Å². The largest absolute Gasteiger partial charge is 0.445 e. The van der Waals surface area contributed by atoms with E-state index in [-0.39, 0.29) is 18.7 Å². The number of aromatic nitrogens is 6. The number of ether oxygens (including phenoxy) is 3. The van der Waals surface area contributed by atoms with E-state index in [1.807, 2.05) is 41.2 Å². The second kappa shape index (κ2) is 14.3. The van der Waals surface area contributed by atoms with Crippen LogP contribution in [0.1, 0.15) is 36.2 Å². The molecule has 0 saturated carbocycles. The Labute approximate surface area is 273 Å². The van der Waals surface area contributed by atoms with E-state index in [4.69, 9.17) is 14.2 Å². The van der Waals surface area contributed by atoms with Gasteiger partial charge in [-0.3, -0.25) is 0 Å². The number of benzene rings is 2. The Morgan fingerprint density at radius 2 is 1.83 bits per heavy atom. The normalized spacial score (nSPS) is 23.8. The standard InChI is InChI=1S/C31H35BrFN7O6/c1-44-30-26(46-27(17-41)29(42)28(30)40-16-25(35-37-40)20-7-8-23(32)24(33)13-20)14-21-15-39(36-34-21)22-9-11-38(12-10-22)31(43)45-18-19-5-3-2-4-6-19/h2-8,13,15-16,22,26-30,41-42H,9-12,14,17-18H2,1H3/t26-,27-,28+,29+,30+/m1/s1. The number of nitrogens with zero attached hydrogens (tertiary/aromatic N) is 7. The van der Waals surface area contributed by atoms with Gasteiger partial charge in [-0.2, -0.15) is 0 Å². The Morgan fingerprint density at radius 1 is 1.07 bits per heavy atom. The zero-order valence-electron chi connectivity index (χ0n) is 25.1. The van der Waals surface area contributed by atoms with E-state index >= 15 is 0 Å². The molecule has 0 aliphatic carbocycles. The maximum Gasteiger partial charge on any atom is 0.410 e. The fraction of sp³-hybridized carbons (Fsp3) is 0.452. The van der Waals surface area contributed by atoms with E-state index < -0.39 is 42.9 Å². The van der Waals surface area contributed by atoms with Crippen molar-refractivity contribution in [2.75, 3.05) is 26.8 Å². The highest BCUT2D eigenvalue weighted by Crippen LogP contribution is 2.34. The number of likely N-dealkylation sites (tertiary alicyclic amines) is 1. The minimum atomic E-state index is -1.16. The molecule has 2 aliphatic rings. The third-order valence-corrected chi connectivity index (χ3v) is 9.18. The number of rotatable bonds is 9. The molecule has 0 spiro atoms. The van der Waals surface area contributed by atoms with Crippen molar-refractivity contribution in [3.05, 3.63) is 82.5 Å². The van der Waals surface area contributed by atoms with Crippen LogP contribution >= 0.6 is 15.9 Å². The molecule has 4 heterocycles. The summed E-state index contributed by atoms with van der Waals surface area (Å²) in [4.78, 5) is 14.3. The zero-order chi connectivity index (χ0) is 32.2. The molecular formula is C31H35BrFN7O6. The Balaban J connectivity index is 1.10. The Kier molecular flexibility index (Phi) is 10.0. The second-order valence-electron chi connectivity index (χ2n) is 11.4. The molecule has 2 aromatic carbocycles. The van der Waals surface area contributed by atoms with Gasteiger partial charge >= 0.3 is 6.09 Å². The number of carbonyl (C=O) groups is 1. The van der Waals surface area contributed by atoms with Gasteiger partial charge in [0.05, 0.1) is 35.1 Å². The van der Waals surface area contributed by atoms with Gasteiger partial charge in [-0.25, -0.2) is 18.5 Å². The smallest absolute Gasteiger partial charge is 0.410 e. The summed E-state index contributed by atoms with van der Waals surface area (Å²) < 4.78 is 35.2. The predicted octanol–water partition coefficient (Wildman–Crippen LogP) is 3.33. The van der Waals surface area contributed by atoms with E-state index in [9.17, 15) is 19.4 Å². The van der Waals surface area contributed by atoms with Crippen LogP contribution in [0.15, 0.2) is 65.4 Å². The topological polar surface area (TPSA) is 150 Å². The average molecular weight is 701 g/mol. The summed E-state index contributed by atoms with van der Waals surface area (Å²) in [5.41, 5.74) is 2.51. The van der Waals surface area contributed by atoms with Gasteiger partial charge in [0.1, 0.15) is 42.5 Å². The van der Waals surface area contributed by atoms with E-state index in [1.54, 1.807) is 23.2 Å². The fourth-order valence-electron chi connectivity index (χ4n) is 6.06. The van der Waals surface area contributed by atoms with Gasteiger partial charge in [-0.05, 0) is 46.5 Å². The highest BCUT2D eigenvalue weighted by Gasteiger charge is 2.47. The summed E-state index contributed by atoms with van der Waals surface area (Å²) in [6.45, 7) is 0.879. The van der Waals surface area contributed by atoms with Crippen molar-refractivity contribution < 1.29 is 33.6 Å². The molecule has 0 unspecified atom stereocenters. The molecule has 2 aliphatic heterocycles. The average Bonchev–Trinajstić information content (AvgIpc) is 3.76. The Morgan fingerprint density at radius 3 is 2.54 bits per heavy atom. The first-order valence-corrected chi connectivity index (χ1v) is 15.8. The molecule has 1 amide bonds. The van der Waals surface area contributed by atoms with Crippen molar-refractivity contribution in [3.63, 3.8) is 0 Å². The summed E-state index contributed by atoms with van der Waals surface area (Å²) >= 11 is 3.15. The van der Waals surface area contributed by atoms with Gasteiger partial charge < -0.3 is 29.3 Å². The van der Waals surface area contributed by atoms with E-state index in [2.05, 4.69) is 36.6 Å². The lowest BCUT2D eigenvalue weighted by Gasteiger charge is -2.43. The third kappa shape index (κ3) is 6.98. The predicted molar refractivity (Wildman–Crippen MR) is 165 cm³/mol. The molecule has 2 N–H and O–H groups in total. The van der Waals surface area contributed by atoms with Crippen LogP contribution in [0.2, 0.25) is 0 Å². The summed E-state index contributed by atoms with van der Waals surface area (Å²) in [6, 6.07) is 13.5. The second-order valence-corrected chi connectivity index (χ2v) is 12.3. The van der Waals surface area contributed by atoms with Crippen LogP contribution in [0.4, 0.5) is 9.18 Å². The van der Waals surface area contributed by atoms with Gasteiger partial charge in [0.2, 0.25) is 0 Å². The molecule has 6 rings (SSSR count). The Hall–Kier alpha value is -3.76. The first kappa shape index (κ1) is 32.2. The van der Waals surface area contributed by atoms with Gasteiger partial charge in [-0.15, -0.1) is 10.2 Å². The van der Waals surface area contributed by atoms with E-state index in [1.165, 1.54) is 17.9 Å². The lowest BCUT2D eigenvalue weighted by Crippen LogP contribution is -2.57. The number of piperidine rings is 1. The minimum absolute atomic E-state index is 0.0571. The molecular weight excluding hydrogens is 665 g/mol. The molecule has 2 saturated heterocycles. The number of methoxy groups -OCH3 is 1. The fourth-order valence-corrected chi connectivity index (χ4v) is 6.30. The number of aliphatic hydroxyl groups excluding tert-OH is 2. The van der Waals surface area contributed by atoms with Crippen molar-refractivity contribution in [3.8, 4) is 11.3 Å². The summed E-state index contributed by atoms with van der Waals surface area (Å²) in [7, 11) is 1.51. The first-order valence-electron chi connectivity index (χ1n) is 15.1. The van der Waals surface area contributed by atoms with Gasteiger partial charge in [-0.1, -0.05) is 46.8 Å². The molecule has 13 nitrogen and oxygen atoms in total. The summed E-state index contributed by atoms with van der Waals surface area (Å²) in [5.74, 6) is -0.437. The molecule has 46 heavy (non-hydrogen) atoms. The van der Waals surface area contributed by atoms with Crippen LogP contribution < -0.4 is 0 Å². The lowest BCUT2D eigenvalue weighted by molar-refractivity contribution is -0.212. The number of hydrogen-bond donors (Lipinski definition) is 2. The van der Waals surface area contributed by atoms with E-state index in [0.29, 0.717) is 53.8 Å². The number of hydrogen-bond acceptors (Lipinski definition) is 10. The van der Waals surface area contributed by atoms with Crippen LogP contribution in [0.3, 0.4) is 0 Å². The van der Waals surface area contributed by atoms with Gasteiger partial charge in [0.25, 0.3) is 0 Å². The monoisotopic (exact) mass is 699 g/mol. The summed E-state index contributed by atoms with van der Waals surface area (Å²) in [6.07, 6.45) is 1.44. The minimum Gasteiger partial charge on any atom is -0.445 e. The lowest BCUT2D eigenvalue weighted by atomic mass is 9.90. The Bertz CT molecular complexity index is 1620. The van der Waals surface area contributed by atoms with Crippen LogP contribution in [-0.2, 0) is 27.2 Å². The van der Waals surface area contributed by atoms with Crippen LogP contribution in [0, 0.1) is 5.82 Å². The molecule has 0 radical (unpaired) electrons. The number of carbonyl (C=O) groups excluding carboxylic acids is 1. The first-order chi connectivity index (χ1) is 22.3. The maximum atomic E-state index is 14.2. The van der Waals surface area contributed by atoms with Gasteiger partial charge in [0, 0.05) is 38.4 Å². The number of aliphatic hydroxyl groups is 2. The number of halogens is 2.